The lowest BCUT2D eigenvalue weighted by Crippen LogP contribution is -1.93. The lowest BCUT2D eigenvalue weighted by atomic mass is 10.1. The summed E-state index contributed by atoms with van der Waals surface area (Å²) in [5, 5.41) is 3.09. The van der Waals surface area contributed by atoms with Gasteiger partial charge in [0.25, 0.3) is 0 Å². The van der Waals surface area contributed by atoms with E-state index in [0.717, 1.165) is 22.7 Å². The lowest BCUT2D eigenvalue weighted by Gasteiger charge is -2.10. The Morgan fingerprint density at radius 3 is 2.64 bits per heavy atom. The second kappa shape index (κ2) is 4.65. The minimum absolute atomic E-state index is 0.879. The molecule has 76 valence electrons. The van der Waals surface area contributed by atoms with Crippen LogP contribution in [0.4, 0.5) is 11.4 Å². The second-order valence-electron chi connectivity index (χ2n) is 2.98. The molecular formula is C11H16N2O. The smallest absolute Gasteiger partial charge is 0.123 e. The molecule has 0 bridgehead atoms. The quantitative estimate of drug-likeness (QED) is 0.747. The standard InChI is InChI=1S/C11H16N2O/c1-5-13-10-6-8(2)11(14-4)7-9(10)12-3/h5-7,12H,1-4H3. The van der Waals surface area contributed by atoms with Crippen LogP contribution in [0.25, 0.3) is 0 Å². The van der Waals surface area contributed by atoms with Crippen molar-refractivity contribution < 1.29 is 4.74 Å². The third kappa shape index (κ3) is 2.05. The predicted molar refractivity (Wildman–Crippen MR) is 61.1 cm³/mol. The Labute approximate surface area is 84.8 Å². The average molecular weight is 192 g/mol. The highest BCUT2D eigenvalue weighted by Gasteiger charge is 2.04. The summed E-state index contributed by atoms with van der Waals surface area (Å²) >= 11 is 0. The Kier molecular flexibility index (Phi) is 3.51. The SMILES string of the molecule is CC=Nc1cc(C)c(OC)cc1NC. The fourth-order valence-corrected chi connectivity index (χ4v) is 1.34. The molecule has 1 rings (SSSR count). The summed E-state index contributed by atoms with van der Waals surface area (Å²) in [6, 6.07) is 3.96. The van der Waals surface area contributed by atoms with Crippen molar-refractivity contribution in [2.24, 2.45) is 4.99 Å². The van der Waals surface area contributed by atoms with Gasteiger partial charge in [0.15, 0.2) is 0 Å². The van der Waals surface area contributed by atoms with Crippen molar-refractivity contribution in [3.8, 4) is 5.75 Å². The van der Waals surface area contributed by atoms with E-state index < -0.39 is 0 Å². The van der Waals surface area contributed by atoms with E-state index in [-0.39, 0.29) is 0 Å². The molecular weight excluding hydrogens is 176 g/mol. The maximum atomic E-state index is 5.23. The van der Waals surface area contributed by atoms with Crippen LogP contribution in [0, 0.1) is 6.92 Å². The summed E-state index contributed by atoms with van der Waals surface area (Å²) in [5.74, 6) is 0.879. The number of rotatable bonds is 3. The Balaban J connectivity index is 3.24. The molecule has 0 saturated heterocycles. The molecule has 0 spiro atoms. The monoisotopic (exact) mass is 192 g/mol. The number of methoxy groups -OCH3 is 1. The molecule has 0 saturated carbocycles. The zero-order valence-electron chi connectivity index (χ0n) is 9.09. The van der Waals surface area contributed by atoms with Gasteiger partial charge in [-0.05, 0) is 25.5 Å². The number of nitrogens with zero attached hydrogens (tertiary/aromatic N) is 1. The Morgan fingerprint density at radius 1 is 1.43 bits per heavy atom. The van der Waals surface area contributed by atoms with Crippen molar-refractivity contribution in [2.75, 3.05) is 19.5 Å². The number of aliphatic imine (C=N–C) groups is 1. The maximum absolute atomic E-state index is 5.23. The van der Waals surface area contributed by atoms with E-state index >= 15 is 0 Å². The first-order valence-electron chi connectivity index (χ1n) is 4.58. The molecule has 0 unspecified atom stereocenters. The van der Waals surface area contributed by atoms with Gasteiger partial charge in [-0.3, -0.25) is 4.99 Å². The number of hydrogen-bond donors (Lipinski definition) is 1. The topological polar surface area (TPSA) is 33.6 Å². The van der Waals surface area contributed by atoms with Crippen LogP contribution in [0.15, 0.2) is 17.1 Å². The zero-order valence-corrected chi connectivity index (χ0v) is 9.09. The first-order valence-corrected chi connectivity index (χ1v) is 4.58. The summed E-state index contributed by atoms with van der Waals surface area (Å²) in [6.45, 7) is 3.91. The van der Waals surface area contributed by atoms with E-state index in [4.69, 9.17) is 4.74 Å². The molecule has 3 heteroatoms. The molecule has 0 amide bonds. The van der Waals surface area contributed by atoms with Crippen LogP contribution in [-0.4, -0.2) is 20.4 Å². The molecule has 0 radical (unpaired) electrons. The molecule has 0 heterocycles. The van der Waals surface area contributed by atoms with E-state index in [9.17, 15) is 0 Å². The maximum Gasteiger partial charge on any atom is 0.123 e. The van der Waals surface area contributed by atoms with Crippen molar-refractivity contribution in [1.82, 2.24) is 0 Å². The zero-order chi connectivity index (χ0) is 10.6. The van der Waals surface area contributed by atoms with E-state index in [0.29, 0.717) is 0 Å². The molecule has 1 N–H and O–H groups in total. The normalized spacial score (nSPS) is 10.6. The third-order valence-electron chi connectivity index (χ3n) is 2.05. The van der Waals surface area contributed by atoms with Crippen LogP contribution in [0.1, 0.15) is 12.5 Å². The molecule has 1 aromatic carbocycles. The van der Waals surface area contributed by atoms with Gasteiger partial charge in [0, 0.05) is 19.3 Å². The molecule has 1 aromatic rings. The van der Waals surface area contributed by atoms with Crippen molar-refractivity contribution >= 4 is 17.6 Å². The summed E-state index contributed by atoms with van der Waals surface area (Å²) < 4.78 is 5.23. The summed E-state index contributed by atoms with van der Waals surface area (Å²) in [7, 11) is 3.54. The molecule has 0 aliphatic heterocycles. The van der Waals surface area contributed by atoms with Gasteiger partial charge < -0.3 is 10.1 Å². The highest BCUT2D eigenvalue weighted by atomic mass is 16.5. The number of benzene rings is 1. The van der Waals surface area contributed by atoms with Crippen LogP contribution < -0.4 is 10.1 Å². The Morgan fingerprint density at radius 2 is 2.14 bits per heavy atom. The minimum Gasteiger partial charge on any atom is -0.496 e. The first-order chi connectivity index (χ1) is 6.72. The molecule has 0 aliphatic rings. The Bertz CT molecular complexity index is 345. The van der Waals surface area contributed by atoms with Crippen LogP contribution in [-0.2, 0) is 0 Å². The lowest BCUT2D eigenvalue weighted by molar-refractivity contribution is 0.412. The molecule has 0 fully saturated rings. The number of hydrogen-bond acceptors (Lipinski definition) is 3. The molecule has 14 heavy (non-hydrogen) atoms. The predicted octanol–water partition coefficient (Wildman–Crippen LogP) is 2.77. The van der Waals surface area contributed by atoms with Crippen molar-refractivity contribution in [1.29, 1.82) is 0 Å². The number of nitrogens with one attached hydrogen (secondary N) is 1. The summed E-state index contributed by atoms with van der Waals surface area (Å²) in [5.41, 5.74) is 3.01. The van der Waals surface area contributed by atoms with Crippen LogP contribution >= 0.6 is 0 Å². The van der Waals surface area contributed by atoms with Crippen molar-refractivity contribution in [2.45, 2.75) is 13.8 Å². The van der Waals surface area contributed by atoms with Gasteiger partial charge in [-0.1, -0.05) is 0 Å². The van der Waals surface area contributed by atoms with E-state index in [1.54, 1.807) is 13.3 Å². The van der Waals surface area contributed by atoms with Crippen molar-refractivity contribution in [3.05, 3.63) is 17.7 Å². The average Bonchev–Trinajstić information content (AvgIpc) is 2.19. The van der Waals surface area contributed by atoms with E-state index in [1.165, 1.54) is 0 Å². The third-order valence-corrected chi connectivity index (χ3v) is 2.05. The molecule has 0 aliphatic carbocycles. The van der Waals surface area contributed by atoms with Gasteiger partial charge in [-0.25, -0.2) is 0 Å². The molecule has 0 atom stereocenters. The fourth-order valence-electron chi connectivity index (χ4n) is 1.34. The van der Waals surface area contributed by atoms with Gasteiger partial charge in [-0.15, -0.1) is 0 Å². The van der Waals surface area contributed by atoms with E-state index in [2.05, 4.69) is 10.3 Å². The second-order valence-corrected chi connectivity index (χ2v) is 2.98. The highest BCUT2D eigenvalue weighted by molar-refractivity contribution is 5.74. The number of anilines is 1. The van der Waals surface area contributed by atoms with Gasteiger partial charge >= 0.3 is 0 Å². The van der Waals surface area contributed by atoms with Crippen LogP contribution in [0.5, 0.6) is 5.75 Å². The van der Waals surface area contributed by atoms with Crippen molar-refractivity contribution in [3.63, 3.8) is 0 Å². The summed E-state index contributed by atoms with van der Waals surface area (Å²) in [4.78, 5) is 4.27. The molecule has 0 aromatic heterocycles. The van der Waals surface area contributed by atoms with Gasteiger partial charge in [0.1, 0.15) is 5.75 Å². The number of ether oxygens (including phenoxy) is 1. The largest absolute Gasteiger partial charge is 0.496 e. The Hall–Kier alpha value is -1.51. The van der Waals surface area contributed by atoms with Crippen LogP contribution in [0.2, 0.25) is 0 Å². The van der Waals surface area contributed by atoms with Gasteiger partial charge in [-0.2, -0.15) is 0 Å². The number of aryl methyl sites for hydroxylation is 1. The first kappa shape index (κ1) is 10.6. The van der Waals surface area contributed by atoms with E-state index in [1.807, 2.05) is 33.0 Å². The van der Waals surface area contributed by atoms with Gasteiger partial charge in [0.05, 0.1) is 18.5 Å². The minimum atomic E-state index is 0.879. The summed E-state index contributed by atoms with van der Waals surface area (Å²) in [6.07, 6.45) is 1.78. The molecule has 3 nitrogen and oxygen atoms in total. The van der Waals surface area contributed by atoms with Crippen LogP contribution in [0.3, 0.4) is 0 Å². The highest BCUT2D eigenvalue weighted by Crippen LogP contribution is 2.32. The fraction of sp³-hybridized carbons (Fsp3) is 0.364. The van der Waals surface area contributed by atoms with Gasteiger partial charge in [0.2, 0.25) is 0 Å².